The highest BCUT2D eigenvalue weighted by Gasteiger charge is 2.12. The summed E-state index contributed by atoms with van der Waals surface area (Å²) in [6.07, 6.45) is 0. The van der Waals surface area contributed by atoms with Crippen LogP contribution in [0, 0.1) is 0 Å². The summed E-state index contributed by atoms with van der Waals surface area (Å²) in [6.45, 7) is 1.60. The molecule has 2 rings (SSSR count). The smallest absolute Gasteiger partial charge is 0.161 e. The zero-order valence-corrected chi connectivity index (χ0v) is 9.48. The number of carbonyl (C=O) groups is 1. The summed E-state index contributed by atoms with van der Waals surface area (Å²) in [4.78, 5) is 11.2. The van der Waals surface area contributed by atoms with Crippen LogP contribution in [-0.4, -0.2) is 5.78 Å². The molecule has 0 saturated heterocycles. The molecule has 0 atom stereocenters. The molecule has 12 heavy (non-hydrogen) atoms. The summed E-state index contributed by atoms with van der Waals surface area (Å²) in [7, 11) is 0. The molecule has 0 fully saturated rings. The lowest BCUT2D eigenvalue weighted by molar-refractivity contribution is 0.101. The highest BCUT2D eigenvalue weighted by molar-refractivity contribution is 9.10. The summed E-state index contributed by atoms with van der Waals surface area (Å²) < 4.78 is 2.25. The van der Waals surface area contributed by atoms with Gasteiger partial charge in [-0.2, -0.15) is 0 Å². The van der Waals surface area contributed by atoms with Gasteiger partial charge in [-0.3, -0.25) is 4.79 Å². The van der Waals surface area contributed by atoms with Crippen molar-refractivity contribution in [3.05, 3.63) is 20.8 Å². The van der Waals surface area contributed by atoms with E-state index in [1.807, 2.05) is 10.8 Å². The van der Waals surface area contributed by atoms with Gasteiger partial charge < -0.3 is 0 Å². The van der Waals surface area contributed by atoms with E-state index in [2.05, 4.69) is 15.9 Å². The number of hydrogen-bond acceptors (Lipinski definition) is 3. The van der Waals surface area contributed by atoms with E-state index in [9.17, 15) is 4.79 Å². The number of thiophene rings is 2. The quantitative estimate of drug-likeness (QED) is 0.711. The van der Waals surface area contributed by atoms with Crippen LogP contribution in [-0.2, 0) is 0 Å². The first-order valence-electron chi connectivity index (χ1n) is 3.35. The van der Waals surface area contributed by atoms with Gasteiger partial charge in [-0.25, -0.2) is 0 Å². The molecule has 1 nitrogen and oxygen atoms in total. The van der Waals surface area contributed by atoms with Crippen molar-refractivity contribution < 1.29 is 4.79 Å². The predicted molar refractivity (Wildman–Crippen MR) is 57.4 cm³/mol. The molecule has 2 aromatic rings. The molecule has 0 aliphatic carbocycles. The fraction of sp³-hybridized carbons (Fsp3) is 0.125. The third-order valence-electron chi connectivity index (χ3n) is 1.64. The van der Waals surface area contributed by atoms with Crippen LogP contribution in [0.5, 0.6) is 0 Å². The van der Waals surface area contributed by atoms with Crippen LogP contribution in [0.4, 0.5) is 0 Å². The van der Waals surface area contributed by atoms with Crippen molar-refractivity contribution in [3.8, 4) is 0 Å². The summed E-state index contributed by atoms with van der Waals surface area (Å²) in [5, 5.41) is 5.03. The van der Waals surface area contributed by atoms with Crippen LogP contribution >= 0.6 is 38.6 Å². The molecule has 0 N–H and O–H groups in total. The Bertz CT molecular complexity index is 441. The minimum atomic E-state index is 0.139. The Morgan fingerprint density at radius 2 is 2.08 bits per heavy atom. The highest BCUT2D eigenvalue weighted by Crippen LogP contribution is 2.37. The molecule has 0 aliphatic heterocycles. The lowest BCUT2D eigenvalue weighted by Crippen LogP contribution is -1.87. The summed E-state index contributed by atoms with van der Waals surface area (Å²) in [5.74, 6) is 0.139. The van der Waals surface area contributed by atoms with Gasteiger partial charge in [0.2, 0.25) is 0 Å². The molecule has 0 amide bonds. The molecule has 2 heterocycles. The van der Waals surface area contributed by atoms with E-state index in [4.69, 9.17) is 0 Å². The van der Waals surface area contributed by atoms with Crippen LogP contribution in [0.15, 0.2) is 15.2 Å². The Hall–Kier alpha value is -0.190. The van der Waals surface area contributed by atoms with Gasteiger partial charge >= 0.3 is 0 Å². The van der Waals surface area contributed by atoms with E-state index in [-0.39, 0.29) is 5.78 Å². The summed E-state index contributed by atoms with van der Waals surface area (Å²) in [6, 6.07) is 0. The molecule has 0 aromatic carbocycles. The first-order chi connectivity index (χ1) is 5.70. The van der Waals surface area contributed by atoms with Crippen molar-refractivity contribution in [2.45, 2.75) is 6.92 Å². The van der Waals surface area contributed by atoms with Crippen molar-refractivity contribution in [1.82, 2.24) is 0 Å². The van der Waals surface area contributed by atoms with Gasteiger partial charge in [0.1, 0.15) is 0 Å². The van der Waals surface area contributed by atoms with Crippen LogP contribution in [0.25, 0.3) is 9.40 Å². The van der Waals surface area contributed by atoms with E-state index >= 15 is 0 Å². The van der Waals surface area contributed by atoms with Crippen molar-refractivity contribution in [2.75, 3.05) is 0 Å². The van der Waals surface area contributed by atoms with E-state index < -0.39 is 0 Å². The van der Waals surface area contributed by atoms with Gasteiger partial charge in [0, 0.05) is 26.2 Å². The first-order valence-corrected chi connectivity index (χ1v) is 5.90. The molecule has 0 radical (unpaired) electrons. The number of carbonyl (C=O) groups excluding carboxylic acids is 1. The topological polar surface area (TPSA) is 17.1 Å². The lowest BCUT2D eigenvalue weighted by Gasteiger charge is -1.88. The fourth-order valence-corrected chi connectivity index (χ4v) is 4.05. The molecule has 62 valence electrons. The third kappa shape index (κ3) is 1.14. The second kappa shape index (κ2) is 2.94. The second-order valence-corrected chi connectivity index (χ2v) is 5.32. The number of Topliss-reactive ketones (excluding diaryl/α,β-unsaturated/α-hetero) is 1. The Labute approximate surface area is 86.2 Å². The van der Waals surface area contributed by atoms with Crippen LogP contribution in [0.1, 0.15) is 17.3 Å². The van der Waals surface area contributed by atoms with Gasteiger partial charge in [0.05, 0.1) is 4.01 Å². The predicted octanol–water partition coefficient (Wildman–Crippen LogP) is 3.93. The maximum absolute atomic E-state index is 11.2. The maximum atomic E-state index is 11.2. The molecular weight excluding hydrogens is 256 g/mol. The molecule has 0 unspecified atom stereocenters. The number of rotatable bonds is 1. The van der Waals surface area contributed by atoms with Gasteiger partial charge in [-0.1, -0.05) is 0 Å². The molecule has 0 aliphatic rings. The zero-order chi connectivity index (χ0) is 8.72. The summed E-state index contributed by atoms with van der Waals surface area (Å²) in [5.41, 5.74) is 0.836. The molecule has 0 saturated carbocycles. The number of fused-ring (bicyclic) bond motifs is 1. The monoisotopic (exact) mass is 260 g/mol. The molecule has 2 aromatic heterocycles. The molecule has 0 spiro atoms. The Balaban J connectivity index is 2.83. The van der Waals surface area contributed by atoms with Crippen LogP contribution in [0.3, 0.4) is 0 Å². The zero-order valence-electron chi connectivity index (χ0n) is 6.26. The Morgan fingerprint density at radius 1 is 1.42 bits per heavy atom. The largest absolute Gasteiger partial charge is 0.294 e. The minimum Gasteiger partial charge on any atom is -0.294 e. The summed E-state index contributed by atoms with van der Waals surface area (Å²) >= 11 is 6.73. The highest BCUT2D eigenvalue weighted by atomic mass is 79.9. The second-order valence-electron chi connectivity index (χ2n) is 2.45. The van der Waals surface area contributed by atoms with Crippen molar-refractivity contribution in [2.24, 2.45) is 0 Å². The van der Waals surface area contributed by atoms with Crippen LogP contribution < -0.4 is 0 Å². The van der Waals surface area contributed by atoms with Gasteiger partial charge in [0.15, 0.2) is 5.78 Å². The molecular formula is C8H5BrOS2. The lowest BCUT2D eigenvalue weighted by atomic mass is 10.2. The van der Waals surface area contributed by atoms with E-state index in [1.54, 1.807) is 29.6 Å². The molecule has 4 heteroatoms. The first kappa shape index (κ1) is 8.41. The molecule has 0 bridgehead atoms. The number of halogens is 1. The third-order valence-corrected chi connectivity index (χ3v) is 4.69. The Morgan fingerprint density at radius 3 is 2.75 bits per heavy atom. The van der Waals surface area contributed by atoms with E-state index in [1.165, 1.54) is 4.01 Å². The number of hydrogen-bond donors (Lipinski definition) is 0. The van der Waals surface area contributed by atoms with Crippen LogP contribution in [0.2, 0.25) is 0 Å². The SMILES string of the molecule is CC(=O)c1csc2scc(Br)c12. The average Bonchev–Trinajstić information content (AvgIpc) is 2.53. The number of ketones is 1. The normalized spacial score (nSPS) is 10.8. The van der Waals surface area contributed by atoms with Gasteiger partial charge in [-0.05, 0) is 22.9 Å². The average molecular weight is 261 g/mol. The minimum absolute atomic E-state index is 0.139. The van der Waals surface area contributed by atoms with Gasteiger partial charge in [0.25, 0.3) is 0 Å². The van der Waals surface area contributed by atoms with Crippen molar-refractivity contribution in [3.63, 3.8) is 0 Å². The van der Waals surface area contributed by atoms with Gasteiger partial charge in [-0.15, -0.1) is 22.7 Å². The van der Waals surface area contributed by atoms with E-state index in [0.717, 1.165) is 15.4 Å². The fourth-order valence-electron chi connectivity index (χ4n) is 1.08. The van der Waals surface area contributed by atoms with Crippen molar-refractivity contribution >= 4 is 53.8 Å². The van der Waals surface area contributed by atoms with Crippen molar-refractivity contribution in [1.29, 1.82) is 0 Å². The van der Waals surface area contributed by atoms with E-state index in [0.29, 0.717) is 0 Å². The standard InChI is InChI=1S/C8H5BrOS2/c1-4(10)5-2-11-8-7(5)6(9)3-12-8/h2-3H,1H3. The maximum Gasteiger partial charge on any atom is 0.161 e. The Kier molecular flexibility index (Phi) is 2.06.